The topological polar surface area (TPSA) is 21.3 Å². The predicted molar refractivity (Wildman–Crippen MR) is 249 cm³/mol. The fraction of sp³-hybridized carbons (Fsp3) is 0. The number of rotatable bonds is 6. The highest BCUT2D eigenvalue weighted by atomic mass is 16.3. The van der Waals surface area contributed by atoms with E-state index in [-0.39, 0.29) is 0 Å². The summed E-state index contributed by atoms with van der Waals surface area (Å²) in [5.41, 5.74) is 13.2. The van der Waals surface area contributed by atoms with Gasteiger partial charge in [0.2, 0.25) is 0 Å². The maximum absolute atomic E-state index is 6.41. The SMILES string of the molecule is c1ccc(N(c2ccc(-c3ccccc3-n3c4ccccc4c4ccccc43)cc2)c2cc3ccccc3c3ccccc23)c(-c2cccc3oc4ccccc4c23)c1. The molecule has 2 heterocycles. The smallest absolute Gasteiger partial charge is 0.136 e. The van der Waals surface area contributed by atoms with Gasteiger partial charge in [0.25, 0.3) is 0 Å². The monoisotopic (exact) mass is 752 g/mol. The second-order valence-corrected chi connectivity index (χ2v) is 15.2. The zero-order valence-corrected chi connectivity index (χ0v) is 32.1. The van der Waals surface area contributed by atoms with E-state index in [9.17, 15) is 0 Å². The van der Waals surface area contributed by atoms with Crippen LogP contribution in [0.1, 0.15) is 0 Å². The summed E-state index contributed by atoms with van der Waals surface area (Å²) in [7, 11) is 0. The maximum atomic E-state index is 6.41. The molecule has 0 saturated carbocycles. The molecule has 0 atom stereocenters. The van der Waals surface area contributed by atoms with Crippen LogP contribution in [0.15, 0.2) is 223 Å². The van der Waals surface area contributed by atoms with Gasteiger partial charge in [-0.25, -0.2) is 0 Å². The highest BCUT2D eigenvalue weighted by Gasteiger charge is 2.23. The minimum atomic E-state index is 0.882. The standard InChI is InChI=1S/C56H36N2O/c1-2-17-40-38(16-1)36-53(43-20-4-3-19-42(40)43)57(50-27-11-8-23-46(50)47-25-15-31-55-56(47)48-24-9-14-30-54(48)59-55)39-34-32-37(33-35-39)41-18-5-10-26-49(41)58-51-28-12-6-21-44(51)45-22-7-13-29-52(45)58/h1-36H. The van der Waals surface area contributed by atoms with E-state index < -0.39 is 0 Å². The quantitative estimate of drug-likeness (QED) is 0.158. The van der Waals surface area contributed by atoms with Gasteiger partial charge in [0.05, 0.1) is 28.1 Å². The summed E-state index contributed by atoms with van der Waals surface area (Å²) in [4.78, 5) is 2.45. The maximum Gasteiger partial charge on any atom is 0.136 e. The Labute approximate surface area is 341 Å². The van der Waals surface area contributed by atoms with Crippen molar-refractivity contribution in [2.75, 3.05) is 4.90 Å². The molecule has 0 saturated heterocycles. The largest absolute Gasteiger partial charge is 0.456 e. The molecular formula is C56H36N2O. The van der Waals surface area contributed by atoms with E-state index in [1.165, 1.54) is 48.9 Å². The number of para-hydroxylation sites is 5. The van der Waals surface area contributed by atoms with Crippen molar-refractivity contribution in [1.82, 2.24) is 4.57 Å². The van der Waals surface area contributed by atoms with Gasteiger partial charge in [0.1, 0.15) is 11.2 Å². The molecule has 0 fully saturated rings. The van der Waals surface area contributed by atoms with Crippen molar-refractivity contribution in [2.45, 2.75) is 0 Å². The Balaban J connectivity index is 1.09. The molecule has 2 aromatic heterocycles. The lowest BCUT2D eigenvalue weighted by Crippen LogP contribution is -2.12. The van der Waals surface area contributed by atoms with Gasteiger partial charge in [0.15, 0.2) is 0 Å². The van der Waals surface area contributed by atoms with Crippen molar-refractivity contribution in [3.05, 3.63) is 218 Å². The summed E-state index contributed by atoms with van der Waals surface area (Å²) >= 11 is 0. The molecule has 0 spiro atoms. The van der Waals surface area contributed by atoms with Crippen LogP contribution in [-0.2, 0) is 0 Å². The van der Waals surface area contributed by atoms with Gasteiger partial charge >= 0.3 is 0 Å². The third-order valence-electron chi connectivity index (χ3n) is 12.0. The molecule has 59 heavy (non-hydrogen) atoms. The second-order valence-electron chi connectivity index (χ2n) is 15.2. The number of furan rings is 1. The lowest BCUT2D eigenvalue weighted by molar-refractivity contribution is 0.669. The van der Waals surface area contributed by atoms with Crippen molar-refractivity contribution >= 4 is 82.4 Å². The number of aromatic nitrogens is 1. The average Bonchev–Trinajstić information content (AvgIpc) is 3.86. The van der Waals surface area contributed by atoms with Gasteiger partial charge in [-0.2, -0.15) is 0 Å². The first-order valence-electron chi connectivity index (χ1n) is 20.2. The van der Waals surface area contributed by atoms with Gasteiger partial charge in [-0.05, 0) is 81.9 Å². The van der Waals surface area contributed by atoms with Crippen LogP contribution in [0.5, 0.6) is 0 Å². The third kappa shape index (κ3) is 5.22. The molecule has 0 aliphatic rings. The van der Waals surface area contributed by atoms with E-state index in [0.717, 1.165) is 61.4 Å². The summed E-state index contributed by atoms with van der Waals surface area (Å²) in [6.45, 7) is 0. The minimum Gasteiger partial charge on any atom is -0.456 e. The van der Waals surface area contributed by atoms with Crippen molar-refractivity contribution in [3.63, 3.8) is 0 Å². The van der Waals surface area contributed by atoms with E-state index >= 15 is 0 Å². The Kier molecular flexibility index (Phi) is 7.54. The normalized spacial score (nSPS) is 11.7. The van der Waals surface area contributed by atoms with E-state index in [1.54, 1.807) is 0 Å². The first-order chi connectivity index (χ1) is 29.3. The molecular weight excluding hydrogens is 717 g/mol. The number of anilines is 3. The molecule has 12 rings (SSSR count). The van der Waals surface area contributed by atoms with Gasteiger partial charge in [-0.3, -0.25) is 0 Å². The summed E-state index contributed by atoms with van der Waals surface area (Å²) in [6.07, 6.45) is 0. The van der Waals surface area contributed by atoms with Crippen LogP contribution in [0, 0.1) is 0 Å². The molecule has 0 aliphatic carbocycles. The van der Waals surface area contributed by atoms with Crippen molar-refractivity contribution in [3.8, 4) is 27.9 Å². The minimum absolute atomic E-state index is 0.882. The zero-order valence-electron chi connectivity index (χ0n) is 32.1. The Morgan fingerprint density at radius 2 is 0.915 bits per heavy atom. The van der Waals surface area contributed by atoms with E-state index in [1.807, 2.05) is 6.07 Å². The van der Waals surface area contributed by atoms with Gasteiger partial charge in [-0.15, -0.1) is 0 Å². The van der Waals surface area contributed by atoms with Crippen LogP contribution < -0.4 is 4.90 Å². The van der Waals surface area contributed by atoms with Crippen LogP contribution >= 0.6 is 0 Å². The Morgan fingerprint density at radius 1 is 0.356 bits per heavy atom. The third-order valence-corrected chi connectivity index (χ3v) is 12.0. The Bertz CT molecular complexity index is 3520. The van der Waals surface area contributed by atoms with Crippen molar-refractivity contribution < 1.29 is 4.42 Å². The molecule has 276 valence electrons. The van der Waals surface area contributed by atoms with Gasteiger partial charge < -0.3 is 13.9 Å². The number of nitrogens with zero attached hydrogens (tertiary/aromatic N) is 2. The lowest BCUT2D eigenvalue weighted by Gasteiger charge is -2.30. The number of hydrogen-bond donors (Lipinski definition) is 0. The van der Waals surface area contributed by atoms with Crippen molar-refractivity contribution in [2.24, 2.45) is 0 Å². The van der Waals surface area contributed by atoms with E-state index in [0.29, 0.717) is 0 Å². The van der Waals surface area contributed by atoms with Crippen LogP contribution in [0.3, 0.4) is 0 Å². The van der Waals surface area contributed by atoms with E-state index in [4.69, 9.17) is 4.42 Å². The number of benzene rings is 10. The zero-order chi connectivity index (χ0) is 38.9. The first kappa shape index (κ1) is 33.3. The molecule has 0 radical (unpaired) electrons. The molecule has 10 aromatic carbocycles. The first-order valence-corrected chi connectivity index (χ1v) is 20.2. The Hall–Kier alpha value is -7.88. The van der Waals surface area contributed by atoms with E-state index in [2.05, 4.69) is 222 Å². The highest BCUT2D eigenvalue weighted by molar-refractivity contribution is 6.17. The molecule has 3 heteroatoms. The van der Waals surface area contributed by atoms with Crippen LogP contribution in [0.4, 0.5) is 17.1 Å². The summed E-state index contributed by atoms with van der Waals surface area (Å²) < 4.78 is 8.83. The lowest BCUT2D eigenvalue weighted by atomic mass is 9.95. The Morgan fingerprint density at radius 3 is 1.69 bits per heavy atom. The summed E-state index contributed by atoms with van der Waals surface area (Å²) in [5.74, 6) is 0. The molecule has 0 amide bonds. The van der Waals surface area contributed by atoms with Gasteiger partial charge in [-0.1, -0.05) is 164 Å². The average molecular weight is 753 g/mol. The van der Waals surface area contributed by atoms with Crippen LogP contribution in [-0.4, -0.2) is 4.57 Å². The fourth-order valence-electron chi connectivity index (χ4n) is 9.41. The van der Waals surface area contributed by atoms with Crippen LogP contribution in [0.2, 0.25) is 0 Å². The number of fused-ring (bicyclic) bond motifs is 9. The molecule has 0 aliphatic heterocycles. The number of hydrogen-bond acceptors (Lipinski definition) is 2. The van der Waals surface area contributed by atoms with Crippen molar-refractivity contribution in [1.29, 1.82) is 0 Å². The highest BCUT2D eigenvalue weighted by Crippen LogP contribution is 2.48. The van der Waals surface area contributed by atoms with Gasteiger partial charge in [0, 0.05) is 43.7 Å². The molecule has 3 nitrogen and oxygen atoms in total. The molecule has 0 bridgehead atoms. The summed E-state index contributed by atoms with van der Waals surface area (Å²) in [5, 5.41) is 9.60. The predicted octanol–water partition coefficient (Wildman–Crippen LogP) is 15.8. The summed E-state index contributed by atoms with van der Waals surface area (Å²) in [6, 6.07) is 78.8. The second kappa shape index (κ2) is 13.4. The molecule has 0 N–H and O–H groups in total. The fourth-order valence-corrected chi connectivity index (χ4v) is 9.41. The van der Waals surface area contributed by atoms with Crippen LogP contribution in [0.25, 0.3) is 93.2 Å². The molecule has 12 aromatic rings. The molecule has 0 unspecified atom stereocenters.